The normalized spacial score (nSPS) is 11.2. The lowest BCUT2D eigenvalue weighted by molar-refractivity contribution is -0.121. The molecule has 16 heavy (non-hydrogen) atoms. The van der Waals surface area contributed by atoms with Crippen molar-refractivity contribution in [1.82, 2.24) is 5.32 Å². The van der Waals surface area contributed by atoms with Crippen LogP contribution in [0.15, 0.2) is 30.3 Å². The summed E-state index contributed by atoms with van der Waals surface area (Å²) in [6.07, 6.45) is 1.18. The van der Waals surface area contributed by atoms with E-state index in [0.29, 0.717) is 19.4 Å². The Balaban J connectivity index is 2.26. The predicted octanol–water partition coefficient (Wildman–Crippen LogP) is 1.82. The Morgan fingerprint density at radius 1 is 1.31 bits per heavy atom. The van der Waals surface area contributed by atoms with Crippen molar-refractivity contribution in [1.29, 1.82) is 0 Å². The quantitative estimate of drug-likeness (QED) is 0.795. The molecule has 0 aromatic heterocycles. The third kappa shape index (κ3) is 5.51. The highest BCUT2D eigenvalue weighted by atomic mass is 16.1. The summed E-state index contributed by atoms with van der Waals surface area (Å²) in [5, 5.41) is 2.88. The maximum atomic E-state index is 11.5. The second-order valence-electron chi connectivity index (χ2n) is 4.75. The Morgan fingerprint density at radius 2 is 1.94 bits per heavy atom. The van der Waals surface area contributed by atoms with Gasteiger partial charge in [0, 0.05) is 18.5 Å². The van der Waals surface area contributed by atoms with E-state index in [0.717, 1.165) is 5.56 Å². The minimum atomic E-state index is -0.274. The average molecular weight is 220 g/mol. The zero-order chi connectivity index (χ0) is 12.0. The predicted molar refractivity (Wildman–Crippen MR) is 65.8 cm³/mol. The van der Waals surface area contributed by atoms with Crippen molar-refractivity contribution in [3.8, 4) is 0 Å². The third-order valence-corrected chi connectivity index (χ3v) is 2.33. The van der Waals surface area contributed by atoms with Crippen molar-refractivity contribution in [3.05, 3.63) is 35.9 Å². The molecule has 88 valence electrons. The molecule has 3 heteroatoms. The van der Waals surface area contributed by atoms with E-state index in [1.165, 1.54) is 0 Å². The molecule has 0 fully saturated rings. The summed E-state index contributed by atoms with van der Waals surface area (Å²) in [7, 11) is 0. The second-order valence-corrected chi connectivity index (χ2v) is 4.75. The lowest BCUT2D eigenvalue weighted by Gasteiger charge is -2.17. The van der Waals surface area contributed by atoms with Gasteiger partial charge in [-0.3, -0.25) is 4.79 Å². The molecule has 0 atom stereocenters. The van der Waals surface area contributed by atoms with Crippen molar-refractivity contribution in [3.63, 3.8) is 0 Å². The molecule has 3 N–H and O–H groups in total. The molecule has 0 heterocycles. The molecular formula is C13H20N2O. The Kier molecular flexibility index (Phi) is 4.50. The molecule has 0 aliphatic carbocycles. The lowest BCUT2D eigenvalue weighted by Crippen LogP contribution is -2.34. The molecular weight excluding hydrogens is 200 g/mol. The van der Waals surface area contributed by atoms with Crippen molar-refractivity contribution in [2.24, 2.45) is 5.73 Å². The van der Waals surface area contributed by atoms with E-state index >= 15 is 0 Å². The minimum Gasteiger partial charge on any atom is -0.352 e. The van der Waals surface area contributed by atoms with Gasteiger partial charge >= 0.3 is 0 Å². The van der Waals surface area contributed by atoms with E-state index in [-0.39, 0.29) is 11.4 Å². The first-order valence-electron chi connectivity index (χ1n) is 5.57. The van der Waals surface area contributed by atoms with Crippen LogP contribution in [0.3, 0.4) is 0 Å². The van der Waals surface area contributed by atoms with Crippen molar-refractivity contribution in [2.45, 2.75) is 38.8 Å². The van der Waals surface area contributed by atoms with Crippen LogP contribution in [0.25, 0.3) is 0 Å². The van der Waals surface area contributed by atoms with Gasteiger partial charge in [0.15, 0.2) is 0 Å². The zero-order valence-electron chi connectivity index (χ0n) is 9.99. The number of nitrogens with two attached hydrogens (primary N) is 1. The van der Waals surface area contributed by atoms with E-state index in [9.17, 15) is 4.79 Å². The molecule has 0 saturated carbocycles. The number of benzene rings is 1. The number of nitrogens with one attached hydrogen (secondary N) is 1. The number of hydrogen-bond acceptors (Lipinski definition) is 2. The maximum Gasteiger partial charge on any atom is 0.220 e. The topological polar surface area (TPSA) is 55.1 Å². The van der Waals surface area contributed by atoms with Gasteiger partial charge in [-0.2, -0.15) is 0 Å². The SMILES string of the molecule is CC(C)(N)CCC(=O)NCc1ccccc1. The fourth-order valence-corrected chi connectivity index (χ4v) is 1.32. The highest BCUT2D eigenvalue weighted by Crippen LogP contribution is 2.06. The Labute approximate surface area is 97.0 Å². The first-order valence-corrected chi connectivity index (χ1v) is 5.57. The van der Waals surface area contributed by atoms with Crippen LogP contribution in [0.4, 0.5) is 0 Å². The second kappa shape index (κ2) is 5.66. The fourth-order valence-electron chi connectivity index (χ4n) is 1.32. The summed E-state index contributed by atoms with van der Waals surface area (Å²) in [4.78, 5) is 11.5. The molecule has 0 radical (unpaired) electrons. The van der Waals surface area contributed by atoms with E-state index in [4.69, 9.17) is 5.73 Å². The van der Waals surface area contributed by atoms with Gasteiger partial charge in [0.05, 0.1) is 0 Å². The summed E-state index contributed by atoms with van der Waals surface area (Å²) in [5.74, 6) is 0.0578. The number of carbonyl (C=O) groups excluding carboxylic acids is 1. The van der Waals surface area contributed by atoms with Gasteiger partial charge in [-0.25, -0.2) is 0 Å². The number of amides is 1. The van der Waals surface area contributed by atoms with Gasteiger partial charge in [0.25, 0.3) is 0 Å². The van der Waals surface area contributed by atoms with Gasteiger partial charge in [-0.1, -0.05) is 30.3 Å². The number of hydrogen-bond donors (Lipinski definition) is 2. The highest BCUT2D eigenvalue weighted by molar-refractivity contribution is 5.75. The molecule has 1 rings (SSSR count). The average Bonchev–Trinajstić information content (AvgIpc) is 2.24. The monoisotopic (exact) mass is 220 g/mol. The zero-order valence-corrected chi connectivity index (χ0v) is 9.99. The molecule has 0 aliphatic rings. The van der Waals surface area contributed by atoms with Crippen LogP contribution >= 0.6 is 0 Å². The van der Waals surface area contributed by atoms with Crippen LogP contribution < -0.4 is 11.1 Å². The molecule has 0 aliphatic heterocycles. The maximum absolute atomic E-state index is 11.5. The van der Waals surface area contributed by atoms with Gasteiger partial charge in [0.1, 0.15) is 0 Å². The van der Waals surface area contributed by atoms with Crippen LogP contribution in [-0.4, -0.2) is 11.4 Å². The summed E-state index contributed by atoms with van der Waals surface area (Å²) in [5.41, 5.74) is 6.65. The largest absolute Gasteiger partial charge is 0.352 e. The first-order chi connectivity index (χ1) is 7.47. The Hall–Kier alpha value is -1.35. The summed E-state index contributed by atoms with van der Waals surface area (Å²) >= 11 is 0. The molecule has 1 aromatic rings. The van der Waals surface area contributed by atoms with Crippen molar-refractivity contribution < 1.29 is 4.79 Å². The van der Waals surface area contributed by atoms with Gasteiger partial charge in [-0.05, 0) is 25.8 Å². The number of rotatable bonds is 5. The smallest absolute Gasteiger partial charge is 0.220 e. The van der Waals surface area contributed by atoms with Gasteiger partial charge < -0.3 is 11.1 Å². The van der Waals surface area contributed by atoms with E-state index < -0.39 is 0 Å². The lowest BCUT2D eigenvalue weighted by atomic mass is 10.00. The molecule has 0 bridgehead atoms. The summed E-state index contributed by atoms with van der Waals surface area (Å²) in [6, 6.07) is 9.87. The van der Waals surface area contributed by atoms with Gasteiger partial charge in [0.2, 0.25) is 5.91 Å². The standard InChI is InChI=1S/C13H20N2O/c1-13(2,14)9-8-12(16)15-10-11-6-4-3-5-7-11/h3-7H,8-10,14H2,1-2H3,(H,15,16). The van der Waals surface area contributed by atoms with E-state index in [1.807, 2.05) is 44.2 Å². The molecule has 1 aromatic carbocycles. The van der Waals surface area contributed by atoms with Crippen LogP contribution in [-0.2, 0) is 11.3 Å². The summed E-state index contributed by atoms with van der Waals surface area (Å²) in [6.45, 7) is 4.44. The highest BCUT2D eigenvalue weighted by Gasteiger charge is 2.12. The van der Waals surface area contributed by atoms with Crippen molar-refractivity contribution in [2.75, 3.05) is 0 Å². The number of carbonyl (C=O) groups is 1. The molecule has 0 unspecified atom stereocenters. The fraction of sp³-hybridized carbons (Fsp3) is 0.462. The Morgan fingerprint density at radius 3 is 2.50 bits per heavy atom. The van der Waals surface area contributed by atoms with Crippen LogP contribution in [0.5, 0.6) is 0 Å². The van der Waals surface area contributed by atoms with Crippen molar-refractivity contribution >= 4 is 5.91 Å². The van der Waals surface area contributed by atoms with E-state index in [1.54, 1.807) is 0 Å². The van der Waals surface area contributed by atoms with E-state index in [2.05, 4.69) is 5.32 Å². The van der Waals surface area contributed by atoms with Crippen LogP contribution in [0.2, 0.25) is 0 Å². The molecule has 0 saturated heterocycles. The van der Waals surface area contributed by atoms with Gasteiger partial charge in [-0.15, -0.1) is 0 Å². The molecule has 3 nitrogen and oxygen atoms in total. The minimum absolute atomic E-state index is 0.0578. The summed E-state index contributed by atoms with van der Waals surface area (Å²) < 4.78 is 0. The molecule has 0 spiro atoms. The Bertz CT molecular complexity index is 328. The third-order valence-electron chi connectivity index (χ3n) is 2.33. The van der Waals surface area contributed by atoms with Crippen LogP contribution in [0, 0.1) is 0 Å². The molecule has 1 amide bonds. The van der Waals surface area contributed by atoms with Crippen LogP contribution in [0.1, 0.15) is 32.3 Å². The first kappa shape index (κ1) is 12.7.